The van der Waals surface area contributed by atoms with E-state index in [9.17, 15) is 5.11 Å². The summed E-state index contributed by atoms with van der Waals surface area (Å²) in [4.78, 5) is 0. The van der Waals surface area contributed by atoms with Crippen molar-refractivity contribution in [2.45, 2.75) is 38.8 Å². The second-order valence-corrected chi connectivity index (χ2v) is 4.85. The van der Waals surface area contributed by atoms with Crippen molar-refractivity contribution in [3.05, 3.63) is 18.0 Å². The van der Waals surface area contributed by atoms with E-state index in [0.717, 1.165) is 24.1 Å². The molecule has 0 amide bonds. The molecule has 3 nitrogen and oxygen atoms in total. The number of hydrogen-bond donors (Lipinski definition) is 1. The van der Waals surface area contributed by atoms with Crippen molar-refractivity contribution in [3.63, 3.8) is 0 Å². The van der Waals surface area contributed by atoms with Gasteiger partial charge >= 0.3 is 0 Å². The van der Waals surface area contributed by atoms with Gasteiger partial charge in [0.25, 0.3) is 0 Å². The normalized spacial score (nSPS) is 35.2. The largest absolute Gasteiger partial charge is 0.387 e. The monoisotopic (exact) mass is 206 g/mol. The predicted octanol–water partition coefficient (Wildman–Crippen LogP) is 1.98. The van der Waals surface area contributed by atoms with Gasteiger partial charge in [-0.15, -0.1) is 0 Å². The van der Waals surface area contributed by atoms with Crippen LogP contribution in [-0.2, 0) is 6.54 Å². The molecule has 0 aliphatic heterocycles. The van der Waals surface area contributed by atoms with Gasteiger partial charge in [0.1, 0.15) is 0 Å². The van der Waals surface area contributed by atoms with Crippen LogP contribution in [0.4, 0.5) is 0 Å². The van der Waals surface area contributed by atoms with Crippen LogP contribution in [-0.4, -0.2) is 14.9 Å². The number of aromatic nitrogens is 2. The highest BCUT2D eigenvalue weighted by Crippen LogP contribution is 2.62. The molecule has 3 atom stereocenters. The summed E-state index contributed by atoms with van der Waals surface area (Å²) in [5.74, 6) is 2.14. The Kier molecular flexibility index (Phi) is 2.09. The van der Waals surface area contributed by atoms with Crippen molar-refractivity contribution in [1.82, 2.24) is 9.78 Å². The number of rotatable bonds is 3. The van der Waals surface area contributed by atoms with Crippen LogP contribution in [0.15, 0.2) is 12.3 Å². The van der Waals surface area contributed by atoms with Crippen molar-refractivity contribution in [2.24, 2.45) is 17.8 Å². The molecule has 15 heavy (non-hydrogen) atoms. The fraction of sp³-hybridized carbons (Fsp3) is 0.750. The summed E-state index contributed by atoms with van der Waals surface area (Å²) in [7, 11) is 0. The van der Waals surface area contributed by atoms with Crippen molar-refractivity contribution in [3.8, 4) is 0 Å². The molecule has 0 radical (unpaired) electrons. The molecule has 3 unspecified atom stereocenters. The first kappa shape index (κ1) is 9.40. The van der Waals surface area contributed by atoms with E-state index in [2.05, 4.69) is 12.0 Å². The summed E-state index contributed by atoms with van der Waals surface area (Å²) in [6.45, 7) is 2.92. The van der Waals surface area contributed by atoms with Crippen LogP contribution in [0.25, 0.3) is 0 Å². The number of nitrogens with zero attached hydrogens (tertiary/aromatic N) is 2. The van der Waals surface area contributed by atoms with Crippen LogP contribution >= 0.6 is 0 Å². The van der Waals surface area contributed by atoms with Crippen LogP contribution < -0.4 is 0 Å². The molecule has 82 valence electrons. The Bertz CT molecular complexity index is 350. The molecular weight excluding hydrogens is 188 g/mol. The van der Waals surface area contributed by atoms with Crippen molar-refractivity contribution >= 4 is 0 Å². The zero-order valence-electron chi connectivity index (χ0n) is 9.13. The Morgan fingerprint density at radius 3 is 2.93 bits per heavy atom. The highest BCUT2D eigenvalue weighted by molar-refractivity contribution is 5.14. The van der Waals surface area contributed by atoms with Crippen LogP contribution in [0.5, 0.6) is 0 Å². The highest BCUT2D eigenvalue weighted by atomic mass is 16.3. The lowest BCUT2D eigenvalue weighted by Gasteiger charge is -2.13. The second-order valence-electron chi connectivity index (χ2n) is 4.85. The molecule has 0 spiro atoms. The molecule has 3 rings (SSSR count). The van der Waals surface area contributed by atoms with Gasteiger partial charge in [0.2, 0.25) is 0 Å². The van der Waals surface area contributed by atoms with Gasteiger partial charge < -0.3 is 5.11 Å². The molecule has 0 bridgehead atoms. The summed E-state index contributed by atoms with van der Waals surface area (Å²) >= 11 is 0. The van der Waals surface area contributed by atoms with Crippen LogP contribution in [0.2, 0.25) is 0 Å². The maximum Gasteiger partial charge on any atom is 0.0990 e. The van der Waals surface area contributed by atoms with E-state index in [0.29, 0.717) is 5.92 Å². The molecule has 0 saturated heterocycles. The Labute approximate surface area is 90.1 Å². The molecule has 2 saturated carbocycles. The van der Waals surface area contributed by atoms with E-state index in [1.54, 1.807) is 6.20 Å². The van der Waals surface area contributed by atoms with Gasteiger partial charge in [0, 0.05) is 12.7 Å². The average Bonchev–Trinajstić information content (AvgIpc) is 2.72. The highest BCUT2D eigenvalue weighted by Gasteiger charge is 2.56. The topological polar surface area (TPSA) is 38.0 Å². The van der Waals surface area contributed by atoms with Gasteiger partial charge in [-0.2, -0.15) is 5.10 Å². The van der Waals surface area contributed by atoms with Gasteiger partial charge in [-0.1, -0.05) is 6.42 Å². The zero-order valence-corrected chi connectivity index (χ0v) is 9.13. The molecule has 1 aromatic rings. The minimum Gasteiger partial charge on any atom is -0.387 e. The zero-order chi connectivity index (χ0) is 10.4. The summed E-state index contributed by atoms with van der Waals surface area (Å²) in [6.07, 6.45) is 5.54. The first-order valence-corrected chi connectivity index (χ1v) is 6.02. The Morgan fingerprint density at radius 1 is 1.53 bits per heavy atom. The van der Waals surface area contributed by atoms with Crippen LogP contribution in [0, 0.1) is 17.8 Å². The quantitative estimate of drug-likeness (QED) is 0.821. The number of fused-ring (bicyclic) bond motifs is 1. The molecule has 0 aromatic carbocycles. The summed E-state index contributed by atoms with van der Waals surface area (Å²) in [5.41, 5.74) is 1.01. The van der Waals surface area contributed by atoms with E-state index >= 15 is 0 Å². The van der Waals surface area contributed by atoms with Crippen LogP contribution in [0.1, 0.15) is 38.0 Å². The van der Waals surface area contributed by atoms with E-state index < -0.39 is 0 Å². The molecule has 3 heteroatoms. The third kappa shape index (κ3) is 1.33. The second kappa shape index (κ2) is 3.34. The third-order valence-corrected chi connectivity index (χ3v) is 4.19. The third-order valence-electron chi connectivity index (χ3n) is 4.19. The van der Waals surface area contributed by atoms with Gasteiger partial charge in [0.15, 0.2) is 0 Å². The van der Waals surface area contributed by atoms with Gasteiger partial charge in [-0.05, 0) is 43.6 Å². The smallest absolute Gasteiger partial charge is 0.0990 e. The standard InChI is InChI=1S/C12H18N2O/c1-2-14-10(6-7-13-14)12(15)11-8-4-3-5-9(8)11/h6-9,11-12,15H,2-5H2,1H3. The number of aryl methyl sites for hydroxylation is 1. The van der Waals surface area contributed by atoms with E-state index in [1.807, 2.05) is 10.7 Å². The van der Waals surface area contributed by atoms with Gasteiger partial charge in [-0.25, -0.2) is 0 Å². The molecule has 1 heterocycles. The lowest BCUT2D eigenvalue weighted by molar-refractivity contribution is 0.127. The maximum atomic E-state index is 10.3. The Morgan fingerprint density at radius 2 is 2.27 bits per heavy atom. The SMILES string of the molecule is CCn1nccc1C(O)C1C2CCCC21. The lowest BCUT2D eigenvalue weighted by atomic mass is 10.0. The lowest BCUT2D eigenvalue weighted by Crippen LogP contribution is -2.11. The predicted molar refractivity (Wildman–Crippen MR) is 57.2 cm³/mol. The van der Waals surface area contributed by atoms with E-state index in [-0.39, 0.29) is 6.10 Å². The maximum absolute atomic E-state index is 10.3. The van der Waals surface area contributed by atoms with E-state index in [1.165, 1.54) is 19.3 Å². The van der Waals surface area contributed by atoms with Crippen molar-refractivity contribution in [2.75, 3.05) is 0 Å². The molecule has 2 aliphatic rings. The van der Waals surface area contributed by atoms with Crippen molar-refractivity contribution in [1.29, 1.82) is 0 Å². The average molecular weight is 206 g/mol. The van der Waals surface area contributed by atoms with Gasteiger partial charge in [0.05, 0.1) is 11.8 Å². The number of aliphatic hydroxyl groups excluding tert-OH is 1. The minimum atomic E-state index is -0.275. The Balaban J connectivity index is 1.77. The molecule has 2 aliphatic carbocycles. The summed E-state index contributed by atoms with van der Waals surface area (Å²) in [5, 5.41) is 14.5. The van der Waals surface area contributed by atoms with Crippen LogP contribution in [0.3, 0.4) is 0 Å². The molecule has 1 N–H and O–H groups in total. The number of hydrogen-bond acceptors (Lipinski definition) is 2. The summed E-state index contributed by atoms with van der Waals surface area (Å²) < 4.78 is 1.92. The fourth-order valence-electron chi connectivity index (χ4n) is 3.40. The summed E-state index contributed by atoms with van der Waals surface area (Å²) in [6, 6.07) is 1.96. The van der Waals surface area contributed by atoms with Crippen molar-refractivity contribution < 1.29 is 5.11 Å². The fourth-order valence-corrected chi connectivity index (χ4v) is 3.40. The number of aliphatic hydroxyl groups is 1. The van der Waals surface area contributed by atoms with Gasteiger partial charge in [-0.3, -0.25) is 4.68 Å². The Hall–Kier alpha value is -0.830. The molecular formula is C12H18N2O. The molecule has 2 fully saturated rings. The first-order chi connectivity index (χ1) is 7.33. The first-order valence-electron chi connectivity index (χ1n) is 6.02. The molecule has 1 aromatic heterocycles. The minimum absolute atomic E-state index is 0.275. The van der Waals surface area contributed by atoms with E-state index in [4.69, 9.17) is 0 Å².